The minimum Gasteiger partial charge on any atom is -0.316 e. The number of benzene rings is 2. The quantitative estimate of drug-likeness (QED) is 0.585. The molecule has 0 aliphatic heterocycles. The monoisotopic (exact) mass is 375 g/mol. The Morgan fingerprint density at radius 1 is 1.04 bits per heavy atom. The second-order valence-corrected chi connectivity index (χ2v) is 6.20. The van der Waals surface area contributed by atoms with E-state index in [-0.39, 0.29) is 17.2 Å². The van der Waals surface area contributed by atoms with Crippen molar-refractivity contribution in [1.82, 2.24) is 29.6 Å². The van der Waals surface area contributed by atoms with Crippen molar-refractivity contribution in [3.63, 3.8) is 0 Å². The number of aromatic nitrogens is 6. The van der Waals surface area contributed by atoms with Gasteiger partial charge in [0.05, 0.1) is 17.1 Å². The number of rotatable bonds is 4. The van der Waals surface area contributed by atoms with E-state index in [1.165, 1.54) is 15.7 Å². The topological polar surface area (TPSA) is 99.6 Å². The summed E-state index contributed by atoms with van der Waals surface area (Å²) in [4.78, 5) is 25.7. The van der Waals surface area contributed by atoms with Crippen LogP contribution in [0.5, 0.6) is 0 Å². The van der Waals surface area contributed by atoms with Crippen LogP contribution in [0.15, 0.2) is 65.7 Å². The molecule has 2 heterocycles. The molecule has 0 atom stereocenters. The van der Waals surface area contributed by atoms with Crippen LogP contribution in [0.1, 0.15) is 16.1 Å². The minimum absolute atomic E-state index is 0.240. The lowest BCUT2D eigenvalue weighted by molar-refractivity contribution is 0.102. The fourth-order valence-corrected chi connectivity index (χ4v) is 2.97. The van der Waals surface area contributed by atoms with E-state index in [0.29, 0.717) is 16.9 Å². The van der Waals surface area contributed by atoms with Crippen molar-refractivity contribution in [2.45, 2.75) is 6.92 Å². The van der Waals surface area contributed by atoms with Crippen molar-refractivity contribution in [3.8, 4) is 11.4 Å². The van der Waals surface area contributed by atoms with Gasteiger partial charge in [-0.1, -0.05) is 24.3 Å². The number of para-hydroxylation sites is 1. The molecule has 4 aromatic rings. The number of nitrogens with one attached hydrogen (secondary N) is 1. The molecule has 1 amide bonds. The summed E-state index contributed by atoms with van der Waals surface area (Å²) in [5.41, 5.74) is 2.35. The van der Waals surface area contributed by atoms with Gasteiger partial charge >= 0.3 is 0 Å². The molecule has 2 aromatic heterocycles. The van der Waals surface area contributed by atoms with E-state index >= 15 is 0 Å². The Morgan fingerprint density at radius 2 is 1.79 bits per heavy atom. The summed E-state index contributed by atoms with van der Waals surface area (Å²) in [5, 5.41) is 13.7. The maximum absolute atomic E-state index is 12.9. The lowest BCUT2D eigenvalue weighted by Crippen LogP contribution is -2.23. The molecule has 140 valence electrons. The predicted octanol–water partition coefficient (Wildman–Crippen LogP) is 1.71. The van der Waals surface area contributed by atoms with Gasteiger partial charge in [0.25, 0.3) is 11.5 Å². The molecule has 0 unspecified atom stereocenters. The zero-order valence-corrected chi connectivity index (χ0v) is 15.3. The number of anilines is 1. The van der Waals surface area contributed by atoms with Crippen LogP contribution in [0, 0.1) is 6.92 Å². The van der Waals surface area contributed by atoms with Gasteiger partial charge in [0.2, 0.25) is 0 Å². The molecule has 4 rings (SSSR count). The van der Waals surface area contributed by atoms with Gasteiger partial charge in [-0.15, -0.1) is 5.10 Å². The first-order chi connectivity index (χ1) is 13.6. The molecule has 28 heavy (non-hydrogen) atoms. The second-order valence-electron chi connectivity index (χ2n) is 6.20. The fourth-order valence-electron chi connectivity index (χ4n) is 2.97. The van der Waals surface area contributed by atoms with Crippen molar-refractivity contribution in [2.24, 2.45) is 7.05 Å². The van der Waals surface area contributed by atoms with Crippen LogP contribution in [0.25, 0.3) is 11.4 Å². The SMILES string of the molecule is Cc1c(NC(=O)c2cccc(-n3cnnn3)c2)c(=O)n(-c2ccccc2)n1C. The van der Waals surface area contributed by atoms with E-state index in [0.717, 1.165) is 5.69 Å². The Kier molecular flexibility index (Phi) is 4.32. The first-order valence-corrected chi connectivity index (χ1v) is 8.55. The Hall–Kier alpha value is -4.01. The Balaban J connectivity index is 1.68. The summed E-state index contributed by atoms with van der Waals surface area (Å²) in [6.45, 7) is 1.79. The smallest absolute Gasteiger partial charge is 0.295 e. The number of hydrogen-bond donors (Lipinski definition) is 1. The molecule has 0 radical (unpaired) electrons. The summed E-state index contributed by atoms with van der Waals surface area (Å²) >= 11 is 0. The van der Waals surface area contributed by atoms with E-state index in [4.69, 9.17) is 0 Å². The van der Waals surface area contributed by atoms with Crippen molar-refractivity contribution >= 4 is 11.6 Å². The van der Waals surface area contributed by atoms with E-state index in [2.05, 4.69) is 20.8 Å². The third-order valence-electron chi connectivity index (χ3n) is 4.51. The Bertz CT molecular complexity index is 1190. The van der Waals surface area contributed by atoms with Gasteiger partial charge in [-0.25, -0.2) is 9.36 Å². The third-order valence-corrected chi connectivity index (χ3v) is 4.51. The van der Waals surface area contributed by atoms with Gasteiger partial charge < -0.3 is 5.32 Å². The summed E-state index contributed by atoms with van der Waals surface area (Å²) in [5.74, 6) is -0.388. The highest BCUT2D eigenvalue weighted by Crippen LogP contribution is 2.16. The van der Waals surface area contributed by atoms with E-state index < -0.39 is 0 Å². The number of carbonyl (C=O) groups is 1. The van der Waals surface area contributed by atoms with Crippen LogP contribution in [0.3, 0.4) is 0 Å². The first kappa shape index (κ1) is 17.4. The van der Waals surface area contributed by atoms with Crippen LogP contribution in [0.2, 0.25) is 0 Å². The van der Waals surface area contributed by atoms with Crippen molar-refractivity contribution in [3.05, 3.63) is 82.5 Å². The summed E-state index contributed by atoms with van der Waals surface area (Å²) in [6.07, 6.45) is 1.44. The molecule has 0 aliphatic rings. The largest absolute Gasteiger partial charge is 0.316 e. The van der Waals surface area contributed by atoms with Gasteiger partial charge in [-0.2, -0.15) is 0 Å². The van der Waals surface area contributed by atoms with E-state index in [1.807, 2.05) is 30.3 Å². The molecule has 0 spiro atoms. The number of amides is 1. The second kappa shape index (κ2) is 6.95. The fraction of sp³-hybridized carbons (Fsp3) is 0.105. The van der Waals surface area contributed by atoms with Gasteiger partial charge in [-0.3, -0.25) is 14.3 Å². The standard InChI is InChI=1S/C19H17N7O2/c1-13-17(19(28)26(24(13)2)15-8-4-3-5-9-15)21-18(27)14-7-6-10-16(11-14)25-12-20-22-23-25/h3-12H,1-2H3,(H,21,27). The molecule has 9 heteroatoms. The zero-order valence-electron chi connectivity index (χ0n) is 15.3. The molecule has 0 saturated carbocycles. The molecule has 0 saturated heterocycles. The normalized spacial score (nSPS) is 10.8. The van der Waals surface area contributed by atoms with Crippen LogP contribution in [-0.4, -0.2) is 35.5 Å². The third kappa shape index (κ3) is 2.98. The summed E-state index contributed by atoms with van der Waals surface area (Å²) in [6, 6.07) is 16.1. The highest BCUT2D eigenvalue weighted by Gasteiger charge is 2.19. The van der Waals surface area contributed by atoms with Crippen molar-refractivity contribution < 1.29 is 4.79 Å². The average molecular weight is 375 g/mol. The molecule has 0 aliphatic carbocycles. The maximum Gasteiger partial charge on any atom is 0.295 e. The molecule has 2 aromatic carbocycles. The molecule has 9 nitrogen and oxygen atoms in total. The van der Waals surface area contributed by atoms with E-state index in [1.54, 1.807) is 42.9 Å². The predicted molar refractivity (Wildman–Crippen MR) is 103 cm³/mol. The Labute approximate surface area is 159 Å². The molecule has 0 fully saturated rings. The van der Waals surface area contributed by atoms with Gasteiger partial charge in [-0.05, 0) is 47.7 Å². The highest BCUT2D eigenvalue weighted by atomic mass is 16.2. The zero-order chi connectivity index (χ0) is 19.7. The molecule has 1 N–H and O–H groups in total. The molecular formula is C19H17N7O2. The van der Waals surface area contributed by atoms with Crippen LogP contribution in [-0.2, 0) is 7.05 Å². The first-order valence-electron chi connectivity index (χ1n) is 8.55. The average Bonchev–Trinajstić information content (AvgIpc) is 3.33. The van der Waals surface area contributed by atoms with Gasteiger partial charge in [0, 0.05) is 12.6 Å². The maximum atomic E-state index is 12.9. The van der Waals surface area contributed by atoms with Crippen molar-refractivity contribution in [2.75, 3.05) is 5.32 Å². The van der Waals surface area contributed by atoms with Crippen LogP contribution >= 0.6 is 0 Å². The van der Waals surface area contributed by atoms with Crippen LogP contribution < -0.4 is 10.9 Å². The number of nitrogens with zero attached hydrogens (tertiary/aromatic N) is 6. The summed E-state index contributed by atoms with van der Waals surface area (Å²) < 4.78 is 4.68. The van der Waals surface area contributed by atoms with Gasteiger partial charge in [0.1, 0.15) is 12.0 Å². The number of tetrazole rings is 1. The molecule has 0 bridgehead atoms. The Morgan fingerprint density at radius 3 is 2.50 bits per heavy atom. The van der Waals surface area contributed by atoms with Gasteiger partial charge in [0.15, 0.2) is 0 Å². The number of hydrogen-bond acceptors (Lipinski definition) is 5. The lowest BCUT2D eigenvalue weighted by Gasteiger charge is -2.07. The lowest BCUT2D eigenvalue weighted by atomic mass is 10.2. The minimum atomic E-state index is -0.388. The molecular weight excluding hydrogens is 358 g/mol. The van der Waals surface area contributed by atoms with Crippen LogP contribution in [0.4, 0.5) is 5.69 Å². The number of carbonyl (C=O) groups excluding carboxylic acids is 1. The van der Waals surface area contributed by atoms with E-state index in [9.17, 15) is 9.59 Å². The van der Waals surface area contributed by atoms with Crippen molar-refractivity contribution in [1.29, 1.82) is 0 Å². The summed E-state index contributed by atoms with van der Waals surface area (Å²) in [7, 11) is 1.78. The highest BCUT2D eigenvalue weighted by molar-refractivity contribution is 6.04.